The maximum Gasteiger partial charge on any atom is 0.220 e. The zero-order valence-corrected chi connectivity index (χ0v) is 11.7. The lowest BCUT2D eigenvalue weighted by Gasteiger charge is -2.22. The Kier molecular flexibility index (Phi) is 8.01. The Balaban J connectivity index is 1.92. The minimum Gasteiger partial charge on any atom is -0.356 e. The monoisotopic (exact) mass is 257 g/mol. The molecule has 1 N–H and O–H groups in total. The fraction of sp³-hybridized carbons (Fsp3) is 0.929. The molecule has 0 aliphatic carbocycles. The van der Waals surface area contributed by atoms with Crippen molar-refractivity contribution in [2.45, 2.75) is 58.7 Å². The summed E-state index contributed by atoms with van der Waals surface area (Å²) < 4.78 is 11.1. The molecule has 0 aromatic carbocycles. The molecule has 4 heteroatoms. The topological polar surface area (TPSA) is 47.6 Å². The molecule has 0 saturated carbocycles. The molecule has 1 rings (SSSR count). The van der Waals surface area contributed by atoms with Crippen molar-refractivity contribution in [1.29, 1.82) is 0 Å². The number of nitrogens with one attached hydrogen (secondary N) is 1. The van der Waals surface area contributed by atoms with Gasteiger partial charge in [-0.3, -0.25) is 4.79 Å². The standard InChI is InChI=1S/C14H27NO3/c1-3-12(2)11-13(16)15-8-6-10-18-14-7-4-5-9-17-14/h12,14H,3-11H2,1-2H3,(H,15,16). The van der Waals surface area contributed by atoms with E-state index in [4.69, 9.17) is 9.47 Å². The molecular formula is C14H27NO3. The van der Waals surface area contributed by atoms with Crippen LogP contribution in [0.2, 0.25) is 0 Å². The van der Waals surface area contributed by atoms with E-state index in [9.17, 15) is 4.79 Å². The van der Waals surface area contributed by atoms with E-state index in [-0.39, 0.29) is 12.2 Å². The summed E-state index contributed by atoms with van der Waals surface area (Å²) in [5, 5.41) is 2.93. The molecule has 4 nitrogen and oxygen atoms in total. The second kappa shape index (κ2) is 9.34. The number of hydrogen-bond donors (Lipinski definition) is 1. The van der Waals surface area contributed by atoms with E-state index >= 15 is 0 Å². The third-order valence-corrected chi connectivity index (χ3v) is 3.32. The Morgan fingerprint density at radius 3 is 3.00 bits per heavy atom. The van der Waals surface area contributed by atoms with E-state index in [1.807, 2.05) is 0 Å². The van der Waals surface area contributed by atoms with E-state index in [1.165, 1.54) is 6.42 Å². The van der Waals surface area contributed by atoms with Crippen LogP contribution in [0.3, 0.4) is 0 Å². The first-order chi connectivity index (χ1) is 8.72. The van der Waals surface area contributed by atoms with Gasteiger partial charge >= 0.3 is 0 Å². The SMILES string of the molecule is CCC(C)CC(=O)NCCCOC1CCCCO1. The molecule has 1 heterocycles. The van der Waals surface area contributed by atoms with Crippen molar-refractivity contribution in [2.24, 2.45) is 5.92 Å². The first-order valence-electron chi connectivity index (χ1n) is 7.22. The minimum absolute atomic E-state index is 0.0189. The van der Waals surface area contributed by atoms with Crippen LogP contribution in [0.25, 0.3) is 0 Å². The van der Waals surface area contributed by atoms with E-state index in [0.717, 1.165) is 32.3 Å². The molecule has 2 unspecified atom stereocenters. The van der Waals surface area contributed by atoms with Gasteiger partial charge in [-0.05, 0) is 31.6 Å². The lowest BCUT2D eigenvalue weighted by molar-refractivity contribution is -0.162. The number of amides is 1. The number of rotatable bonds is 8. The summed E-state index contributed by atoms with van der Waals surface area (Å²) in [4.78, 5) is 11.5. The molecule has 1 aliphatic rings. The average Bonchev–Trinajstić information content (AvgIpc) is 2.39. The molecule has 2 atom stereocenters. The van der Waals surface area contributed by atoms with Crippen LogP contribution in [0.1, 0.15) is 52.4 Å². The molecule has 106 valence electrons. The van der Waals surface area contributed by atoms with Crippen molar-refractivity contribution < 1.29 is 14.3 Å². The highest BCUT2D eigenvalue weighted by Gasteiger charge is 2.13. The summed E-state index contributed by atoms with van der Waals surface area (Å²) in [5.41, 5.74) is 0. The van der Waals surface area contributed by atoms with Crippen molar-refractivity contribution in [3.05, 3.63) is 0 Å². The zero-order chi connectivity index (χ0) is 13.2. The Hall–Kier alpha value is -0.610. The van der Waals surface area contributed by atoms with Crippen molar-refractivity contribution >= 4 is 5.91 Å². The molecule has 1 fully saturated rings. The molecule has 0 aromatic rings. The number of ether oxygens (including phenoxy) is 2. The summed E-state index contributed by atoms with van der Waals surface area (Å²) in [5.74, 6) is 0.621. The average molecular weight is 257 g/mol. The summed E-state index contributed by atoms with van der Waals surface area (Å²) in [6.45, 7) is 6.38. The Bertz CT molecular complexity index is 227. The second-order valence-corrected chi connectivity index (χ2v) is 5.09. The van der Waals surface area contributed by atoms with Crippen LogP contribution in [0.5, 0.6) is 0 Å². The van der Waals surface area contributed by atoms with Crippen molar-refractivity contribution in [3.8, 4) is 0 Å². The summed E-state index contributed by atoms with van der Waals surface area (Å²) in [6, 6.07) is 0. The number of carbonyl (C=O) groups excluding carboxylic acids is 1. The molecule has 0 bridgehead atoms. The largest absolute Gasteiger partial charge is 0.356 e. The van der Waals surface area contributed by atoms with Gasteiger partial charge in [0.2, 0.25) is 5.91 Å². The summed E-state index contributed by atoms with van der Waals surface area (Å²) in [6.07, 6.45) is 5.85. The number of hydrogen-bond acceptors (Lipinski definition) is 3. The van der Waals surface area contributed by atoms with E-state index in [0.29, 0.717) is 25.5 Å². The van der Waals surface area contributed by atoms with Crippen LogP contribution < -0.4 is 5.32 Å². The van der Waals surface area contributed by atoms with Crippen molar-refractivity contribution in [3.63, 3.8) is 0 Å². The normalized spacial score (nSPS) is 21.6. The van der Waals surface area contributed by atoms with Gasteiger partial charge in [0.25, 0.3) is 0 Å². The molecule has 1 aliphatic heterocycles. The predicted octanol–water partition coefficient (Wildman–Crippen LogP) is 2.47. The second-order valence-electron chi connectivity index (χ2n) is 5.09. The van der Waals surface area contributed by atoms with E-state index in [1.54, 1.807) is 0 Å². The van der Waals surface area contributed by atoms with E-state index < -0.39 is 0 Å². The fourth-order valence-corrected chi connectivity index (χ4v) is 1.89. The Morgan fingerprint density at radius 1 is 1.50 bits per heavy atom. The number of carbonyl (C=O) groups is 1. The van der Waals surface area contributed by atoms with Gasteiger partial charge in [0.05, 0.1) is 6.61 Å². The molecule has 0 spiro atoms. The van der Waals surface area contributed by atoms with Gasteiger partial charge < -0.3 is 14.8 Å². The molecule has 18 heavy (non-hydrogen) atoms. The smallest absolute Gasteiger partial charge is 0.220 e. The van der Waals surface area contributed by atoms with Crippen molar-refractivity contribution in [1.82, 2.24) is 5.32 Å². The molecular weight excluding hydrogens is 230 g/mol. The van der Waals surface area contributed by atoms with Crippen LogP contribution in [0.4, 0.5) is 0 Å². The fourth-order valence-electron chi connectivity index (χ4n) is 1.89. The van der Waals surface area contributed by atoms with E-state index in [2.05, 4.69) is 19.2 Å². The summed E-state index contributed by atoms with van der Waals surface area (Å²) >= 11 is 0. The highest BCUT2D eigenvalue weighted by atomic mass is 16.7. The Morgan fingerprint density at radius 2 is 2.33 bits per heavy atom. The van der Waals surface area contributed by atoms with Gasteiger partial charge in [-0.25, -0.2) is 0 Å². The van der Waals surface area contributed by atoms with Crippen LogP contribution in [-0.2, 0) is 14.3 Å². The van der Waals surface area contributed by atoms with Gasteiger partial charge in [-0.1, -0.05) is 20.3 Å². The van der Waals surface area contributed by atoms with Crippen LogP contribution >= 0.6 is 0 Å². The lowest BCUT2D eigenvalue weighted by Crippen LogP contribution is -2.28. The lowest BCUT2D eigenvalue weighted by atomic mass is 10.1. The maximum atomic E-state index is 11.5. The van der Waals surface area contributed by atoms with Crippen LogP contribution in [0, 0.1) is 5.92 Å². The molecule has 0 aromatic heterocycles. The third kappa shape index (κ3) is 6.97. The third-order valence-electron chi connectivity index (χ3n) is 3.32. The highest BCUT2D eigenvalue weighted by molar-refractivity contribution is 5.76. The quantitative estimate of drug-likeness (QED) is 0.680. The first-order valence-corrected chi connectivity index (χ1v) is 7.22. The minimum atomic E-state index is -0.0189. The van der Waals surface area contributed by atoms with Crippen LogP contribution in [0.15, 0.2) is 0 Å². The first kappa shape index (κ1) is 15.4. The van der Waals surface area contributed by atoms with Crippen LogP contribution in [-0.4, -0.2) is 32.0 Å². The van der Waals surface area contributed by atoms with Gasteiger partial charge in [-0.15, -0.1) is 0 Å². The molecule has 1 saturated heterocycles. The molecule has 1 amide bonds. The van der Waals surface area contributed by atoms with Crippen molar-refractivity contribution in [2.75, 3.05) is 19.8 Å². The van der Waals surface area contributed by atoms with Gasteiger partial charge in [-0.2, -0.15) is 0 Å². The highest BCUT2D eigenvalue weighted by Crippen LogP contribution is 2.13. The predicted molar refractivity (Wildman–Crippen MR) is 71.2 cm³/mol. The zero-order valence-electron chi connectivity index (χ0n) is 11.7. The van der Waals surface area contributed by atoms with Gasteiger partial charge in [0.15, 0.2) is 6.29 Å². The van der Waals surface area contributed by atoms with Gasteiger partial charge in [0.1, 0.15) is 0 Å². The van der Waals surface area contributed by atoms with Gasteiger partial charge in [0, 0.05) is 19.6 Å². The maximum absolute atomic E-state index is 11.5. The molecule has 0 radical (unpaired) electrons. The summed E-state index contributed by atoms with van der Waals surface area (Å²) in [7, 11) is 0. The Labute approximate surface area is 110 Å².